The molecule has 0 heterocycles. The molecule has 0 saturated heterocycles. The first-order valence-corrected chi connectivity index (χ1v) is 7.34. The second-order valence-corrected chi connectivity index (χ2v) is 5.31. The summed E-state index contributed by atoms with van der Waals surface area (Å²) in [5.74, 6) is 1.49. The number of benzene rings is 1. The Hall–Kier alpha value is -1.20. The van der Waals surface area contributed by atoms with E-state index < -0.39 is 0 Å². The van der Waals surface area contributed by atoms with E-state index in [1.54, 1.807) is 25.8 Å². The van der Waals surface area contributed by atoms with Gasteiger partial charge in [0, 0.05) is 17.5 Å². The average molecular weight is 283 g/mol. The van der Waals surface area contributed by atoms with E-state index in [4.69, 9.17) is 15.2 Å². The lowest BCUT2D eigenvalue weighted by Gasteiger charge is -2.13. The van der Waals surface area contributed by atoms with E-state index in [2.05, 4.69) is 0 Å². The van der Waals surface area contributed by atoms with Crippen LogP contribution in [0.25, 0.3) is 0 Å². The standard InChI is InChI=1S/C14H21NO3S/c1-3-18-14(16)8-13(9-15)19-10-11-4-6-12(17-2)7-5-11/h4-7,13H,3,8-10,15H2,1-2H3. The van der Waals surface area contributed by atoms with Crippen molar-refractivity contribution in [2.45, 2.75) is 24.3 Å². The Labute approximate surface area is 118 Å². The number of carbonyl (C=O) groups is 1. The summed E-state index contributed by atoms with van der Waals surface area (Å²) in [5, 5.41) is 0.0983. The van der Waals surface area contributed by atoms with Gasteiger partial charge in [-0.05, 0) is 24.6 Å². The van der Waals surface area contributed by atoms with Crippen molar-refractivity contribution in [2.75, 3.05) is 20.3 Å². The van der Waals surface area contributed by atoms with E-state index >= 15 is 0 Å². The van der Waals surface area contributed by atoms with Crippen molar-refractivity contribution < 1.29 is 14.3 Å². The van der Waals surface area contributed by atoms with Crippen LogP contribution >= 0.6 is 11.8 Å². The van der Waals surface area contributed by atoms with Crippen molar-refractivity contribution in [3.8, 4) is 5.75 Å². The Kier molecular flexibility index (Phi) is 7.36. The zero-order chi connectivity index (χ0) is 14.1. The van der Waals surface area contributed by atoms with Gasteiger partial charge in [0.15, 0.2) is 0 Å². The number of hydrogen-bond donors (Lipinski definition) is 1. The first-order chi connectivity index (χ1) is 9.19. The summed E-state index contributed by atoms with van der Waals surface area (Å²) < 4.78 is 10.0. The highest BCUT2D eigenvalue weighted by Gasteiger charge is 2.13. The zero-order valence-electron chi connectivity index (χ0n) is 11.4. The third kappa shape index (κ3) is 5.98. The third-order valence-electron chi connectivity index (χ3n) is 2.61. The fraction of sp³-hybridized carbons (Fsp3) is 0.500. The molecule has 2 N–H and O–H groups in total. The van der Waals surface area contributed by atoms with Gasteiger partial charge in [-0.15, -0.1) is 0 Å². The molecule has 4 nitrogen and oxygen atoms in total. The van der Waals surface area contributed by atoms with Gasteiger partial charge < -0.3 is 15.2 Å². The molecule has 1 aromatic rings. The Morgan fingerprint density at radius 2 is 2.05 bits per heavy atom. The second kappa shape index (κ2) is 8.82. The van der Waals surface area contributed by atoms with Crippen molar-refractivity contribution >= 4 is 17.7 Å². The molecule has 0 radical (unpaired) electrons. The van der Waals surface area contributed by atoms with Gasteiger partial charge in [0.05, 0.1) is 20.1 Å². The maximum Gasteiger partial charge on any atom is 0.306 e. The number of thioether (sulfide) groups is 1. The second-order valence-electron chi connectivity index (χ2n) is 4.03. The first kappa shape index (κ1) is 15.9. The fourth-order valence-electron chi connectivity index (χ4n) is 1.55. The van der Waals surface area contributed by atoms with Crippen LogP contribution in [0.1, 0.15) is 18.9 Å². The molecule has 0 aromatic heterocycles. The number of methoxy groups -OCH3 is 1. The summed E-state index contributed by atoms with van der Waals surface area (Å²) >= 11 is 1.68. The third-order valence-corrected chi connectivity index (χ3v) is 3.94. The van der Waals surface area contributed by atoms with Crippen LogP contribution in [0.4, 0.5) is 0 Å². The molecular formula is C14H21NO3S. The summed E-state index contributed by atoms with van der Waals surface area (Å²) in [6.45, 7) is 2.69. The number of carbonyl (C=O) groups excluding carboxylic acids is 1. The monoisotopic (exact) mass is 283 g/mol. The van der Waals surface area contributed by atoms with Gasteiger partial charge in [-0.3, -0.25) is 4.79 Å². The minimum Gasteiger partial charge on any atom is -0.497 e. The average Bonchev–Trinajstić information content (AvgIpc) is 2.44. The fourth-order valence-corrected chi connectivity index (χ4v) is 2.56. The number of ether oxygens (including phenoxy) is 2. The predicted octanol–water partition coefficient (Wildman–Crippen LogP) is 2.21. The summed E-state index contributed by atoms with van der Waals surface area (Å²) in [7, 11) is 1.65. The van der Waals surface area contributed by atoms with Crippen molar-refractivity contribution in [2.24, 2.45) is 5.73 Å². The molecule has 0 spiro atoms. The molecule has 0 fully saturated rings. The SMILES string of the molecule is CCOC(=O)CC(CN)SCc1ccc(OC)cc1. The van der Waals surface area contributed by atoms with E-state index in [1.165, 1.54) is 5.56 Å². The van der Waals surface area contributed by atoms with Crippen molar-refractivity contribution in [3.05, 3.63) is 29.8 Å². The molecule has 1 unspecified atom stereocenters. The number of nitrogens with two attached hydrogens (primary N) is 1. The first-order valence-electron chi connectivity index (χ1n) is 6.29. The van der Waals surface area contributed by atoms with Crippen LogP contribution in [0, 0.1) is 0 Å². The molecule has 1 atom stereocenters. The number of hydrogen-bond acceptors (Lipinski definition) is 5. The zero-order valence-corrected chi connectivity index (χ0v) is 12.2. The van der Waals surface area contributed by atoms with Gasteiger partial charge in [0.1, 0.15) is 5.75 Å². The van der Waals surface area contributed by atoms with Crippen LogP contribution in [-0.2, 0) is 15.3 Å². The minimum absolute atomic E-state index is 0.0983. The lowest BCUT2D eigenvalue weighted by atomic mass is 10.2. The van der Waals surface area contributed by atoms with Crippen LogP contribution in [0.3, 0.4) is 0 Å². The molecule has 5 heteroatoms. The molecule has 0 aliphatic carbocycles. The Balaban J connectivity index is 2.41. The van der Waals surface area contributed by atoms with Crippen LogP contribution in [0.2, 0.25) is 0 Å². The van der Waals surface area contributed by atoms with Gasteiger partial charge in [-0.25, -0.2) is 0 Å². The van der Waals surface area contributed by atoms with Crippen LogP contribution in [0.5, 0.6) is 5.75 Å². The molecule has 19 heavy (non-hydrogen) atoms. The Morgan fingerprint density at radius 3 is 2.58 bits per heavy atom. The van der Waals surface area contributed by atoms with Gasteiger partial charge in [-0.1, -0.05) is 12.1 Å². The van der Waals surface area contributed by atoms with Gasteiger partial charge in [0.2, 0.25) is 0 Å². The molecule has 0 aliphatic heterocycles. The molecule has 0 bridgehead atoms. The van der Waals surface area contributed by atoms with Gasteiger partial charge >= 0.3 is 5.97 Å². The maximum absolute atomic E-state index is 11.4. The van der Waals surface area contributed by atoms with Crippen LogP contribution < -0.4 is 10.5 Å². The molecule has 0 amide bonds. The highest BCUT2D eigenvalue weighted by molar-refractivity contribution is 7.99. The van der Waals surface area contributed by atoms with Crippen molar-refractivity contribution in [3.63, 3.8) is 0 Å². The number of esters is 1. The molecule has 0 saturated carbocycles. The molecule has 1 rings (SSSR count). The normalized spacial score (nSPS) is 11.9. The largest absolute Gasteiger partial charge is 0.497 e. The highest BCUT2D eigenvalue weighted by Crippen LogP contribution is 2.21. The predicted molar refractivity (Wildman–Crippen MR) is 78.4 cm³/mol. The lowest BCUT2D eigenvalue weighted by molar-refractivity contribution is -0.143. The van der Waals surface area contributed by atoms with Crippen LogP contribution in [-0.4, -0.2) is 31.5 Å². The quantitative estimate of drug-likeness (QED) is 0.741. The molecule has 1 aromatic carbocycles. The van der Waals surface area contributed by atoms with Gasteiger partial charge in [0.25, 0.3) is 0 Å². The van der Waals surface area contributed by atoms with Crippen LogP contribution in [0.15, 0.2) is 24.3 Å². The van der Waals surface area contributed by atoms with Crippen molar-refractivity contribution in [1.29, 1.82) is 0 Å². The van der Waals surface area contributed by atoms with E-state index in [1.807, 2.05) is 24.3 Å². The minimum atomic E-state index is -0.180. The smallest absolute Gasteiger partial charge is 0.306 e. The topological polar surface area (TPSA) is 61.5 Å². The van der Waals surface area contributed by atoms with Gasteiger partial charge in [-0.2, -0.15) is 11.8 Å². The summed E-state index contributed by atoms with van der Waals surface area (Å²) in [4.78, 5) is 11.4. The summed E-state index contributed by atoms with van der Waals surface area (Å²) in [6.07, 6.45) is 0.366. The molecular weight excluding hydrogens is 262 g/mol. The maximum atomic E-state index is 11.4. The highest BCUT2D eigenvalue weighted by atomic mass is 32.2. The summed E-state index contributed by atoms with van der Waals surface area (Å²) in [5.41, 5.74) is 6.87. The Morgan fingerprint density at radius 1 is 1.37 bits per heavy atom. The van der Waals surface area contributed by atoms with E-state index in [0.29, 0.717) is 19.6 Å². The molecule has 0 aliphatic rings. The lowest BCUT2D eigenvalue weighted by Crippen LogP contribution is -2.22. The molecule has 106 valence electrons. The summed E-state index contributed by atoms with van der Waals surface area (Å²) in [6, 6.07) is 7.89. The van der Waals surface area contributed by atoms with Crippen molar-refractivity contribution in [1.82, 2.24) is 0 Å². The van der Waals surface area contributed by atoms with E-state index in [9.17, 15) is 4.79 Å². The Bertz CT molecular complexity index is 381. The van der Waals surface area contributed by atoms with E-state index in [-0.39, 0.29) is 11.2 Å². The number of rotatable bonds is 8. The van der Waals surface area contributed by atoms with E-state index in [0.717, 1.165) is 11.5 Å².